The topological polar surface area (TPSA) is 101 Å². The summed E-state index contributed by atoms with van der Waals surface area (Å²) in [7, 11) is 0. The molecule has 1 saturated heterocycles. The third kappa shape index (κ3) is 3.97. The number of benzene rings is 2. The maximum atomic E-state index is 12.8. The Kier molecular flexibility index (Phi) is 5.25. The van der Waals surface area contributed by atoms with Crippen LogP contribution >= 0.6 is 11.3 Å². The van der Waals surface area contributed by atoms with Crippen LogP contribution in [0, 0.1) is 6.92 Å². The fourth-order valence-corrected chi connectivity index (χ4v) is 5.02. The van der Waals surface area contributed by atoms with Crippen LogP contribution in [0.4, 0.5) is 10.7 Å². The van der Waals surface area contributed by atoms with E-state index >= 15 is 0 Å². The maximum Gasteiger partial charge on any atom is 0.256 e. The van der Waals surface area contributed by atoms with Gasteiger partial charge in [-0.05, 0) is 68.2 Å². The molecule has 5 N–H and O–H groups in total. The number of anilines is 2. The number of rotatable bonds is 5. The number of nitrogens with two attached hydrogens (primary N) is 2. The summed E-state index contributed by atoms with van der Waals surface area (Å²) >= 11 is 1.34. The van der Waals surface area contributed by atoms with Gasteiger partial charge in [0.15, 0.2) is 0 Å². The van der Waals surface area contributed by atoms with E-state index in [1.165, 1.54) is 29.7 Å². The van der Waals surface area contributed by atoms with Crippen LogP contribution < -0.4 is 16.8 Å². The van der Waals surface area contributed by atoms with Crippen LogP contribution in [0.25, 0.3) is 10.1 Å². The van der Waals surface area contributed by atoms with Gasteiger partial charge in [-0.25, -0.2) is 0 Å². The Morgan fingerprint density at radius 2 is 1.83 bits per heavy atom. The zero-order valence-corrected chi connectivity index (χ0v) is 17.1. The minimum atomic E-state index is -0.586. The third-order valence-corrected chi connectivity index (χ3v) is 6.55. The van der Waals surface area contributed by atoms with E-state index < -0.39 is 5.91 Å². The highest BCUT2D eigenvalue weighted by atomic mass is 32.1. The van der Waals surface area contributed by atoms with Crippen LogP contribution in [0.5, 0.6) is 0 Å². The summed E-state index contributed by atoms with van der Waals surface area (Å²) < 4.78 is 0.893. The fraction of sp³-hybridized carbons (Fsp3) is 0.273. The van der Waals surface area contributed by atoms with E-state index in [0.29, 0.717) is 27.2 Å². The average Bonchev–Trinajstić information content (AvgIpc) is 3.30. The summed E-state index contributed by atoms with van der Waals surface area (Å²) in [5.41, 5.74) is 15.1. The number of thiophene rings is 1. The van der Waals surface area contributed by atoms with E-state index in [9.17, 15) is 9.59 Å². The number of nitrogens with one attached hydrogen (secondary N) is 1. The molecule has 1 aliphatic rings. The molecule has 0 unspecified atom stereocenters. The van der Waals surface area contributed by atoms with Crippen molar-refractivity contribution in [2.24, 2.45) is 5.73 Å². The van der Waals surface area contributed by atoms with Crippen molar-refractivity contribution < 1.29 is 9.59 Å². The van der Waals surface area contributed by atoms with Gasteiger partial charge in [-0.15, -0.1) is 11.3 Å². The van der Waals surface area contributed by atoms with Gasteiger partial charge in [0.2, 0.25) is 0 Å². The predicted octanol–water partition coefficient (Wildman–Crippen LogP) is 3.74. The van der Waals surface area contributed by atoms with Crippen molar-refractivity contribution in [3.8, 4) is 0 Å². The Hall–Kier alpha value is -2.90. The monoisotopic (exact) mass is 408 g/mol. The van der Waals surface area contributed by atoms with Gasteiger partial charge in [0.25, 0.3) is 11.8 Å². The van der Waals surface area contributed by atoms with Crippen molar-refractivity contribution in [3.05, 3.63) is 58.7 Å². The standard InChI is InChI=1S/C22H24N4O2S/c1-13-10-16(23)11-17-18(20(24)27)22(29-19(13)17)25-21(28)15-6-4-14(5-7-15)12-26-8-2-3-9-26/h4-7,10-11H,2-3,8-9,12,23H2,1H3,(H2,24,27)(H,25,28). The van der Waals surface area contributed by atoms with Gasteiger partial charge in [0.05, 0.1) is 5.56 Å². The number of primary amides is 1. The maximum absolute atomic E-state index is 12.8. The molecule has 0 radical (unpaired) electrons. The number of hydrogen-bond acceptors (Lipinski definition) is 5. The molecule has 29 heavy (non-hydrogen) atoms. The van der Waals surface area contributed by atoms with Crippen molar-refractivity contribution in [1.82, 2.24) is 4.90 Å². The van der Waals surface area contributed by atoms with Gasteiger partial charge >= 0.3 is 0 Å². The Balaban J connectivity index is 1.57. The molecular weight excluding hydrogens is 384 g/mol. The molecule has 1 fully saturated rings. The highest BCUT2D eigenvalue weighted by Gasteiger charge is 2.21. The second-order valence-corrected chi connectivity index (χ2v) is 8.54. The number of carbonyl (C=O) groups is 2. The van der Waals surface area contributed by atoms with Gasteiger partial charge in [-0.3, -0.25) is 14.5 Å². The molecular formula is C22H24N4O2S. The van der Waals surface area contributed by atoms with Gasteiger partial charge in [-0.2, -0.15) is 0 Å². The largest absolute Gasteiger partial charge is 0.399 e. The van der Waals surface area contributed by atoms with E-state index in [1.807, 2.05) is 37.3 Å². The summed E-state index contributed by atoms with van der Waals surface area (Å²) in [6.45, 7) is 5.09. The zero-order chi connectivity index (χ0) is 20.5. The van der Waals surface area contributed by atoms with Gasteiger partial charge in [0.1, 0.15) is 5.00 Å². The predicted molar refractivity (Wildman–Crippen MR) is 118 cm³/mol. The van der Waals surface area contributed by atoms with Gasteiger partial charge in [-0.1, -0.05) is 12.1 Å². The van der Waals surface area contributed by atoms with E-state index in [1.54, 1.807) is 6.07 Å². The van der Waals surface area contributed by atoms with Crippen molar-refractivity contribution in [2.75, 3.05) is 24.1 Å². The highest BCUT2D eigenvalue weighted by molar-refractivity contribution is 7.23. The molecule has 0 spiro atoms. The summed E-state index contributed by atoms with van der Waals surface area (Å²) in [4.78, 5) is 27.3. The lowest BCUT2D eigenvalue weighted by Crippen LogP contribution is -2.19. The van der Waals surface area contributed by atoms with Gasteiger partial charge in [0, 0.05) is 27.9 Å². The minimum absolute atomic E-state index is 0.266. The number of amides is 2. The molecule has 0 aliphatic carbocycles. The van der Waals surface area contributed by atoms with Gasteiger partial charge < -0.3 is 16.8 Å². The molecule has 2 heterocycles. The smallest absolute Gasteiger partial charge is 0.256 e. The Labute approximate surface area is 173 Å². The molecule has 7 heteroatoms. The number of hydrogen-bond donors (Lipinski definition) is 3. The van der Waals surface area contributed by atoms with Crippen molar-refractivity contribution in [3.63, 3.8) is 0 Å². The quantitative estimate of drug-likeness (QED) is 0.560. The molecule has 2 aromatic carbocycles. The SMILES string of the molecule is Cc1cc(N)cc2c(C(N)=O)c(NC(=O)c3ccc(CN4CCCC4)cc3)sc12. The fourth-order valence-electron chi connectivity index (χ4n) is 3.87. The van der Waals surface area contributed by atoms with Crippen LogP contribution in [0.1, 0.15) is 44.7 Å². The number of nitrogen functional groups attached to an aromatic ring is 1. The summed E-state index contributed by atoms with van der Waals surface area (Å²) in [6, 6.07) is 11.2. The Bertz CT molecular complexity index is 1080. The van der Waals surface area contributed by atoms with Crippen molar-refractivity contribution in [2.45, 2.75) is 26.3 Å². The third-order valence-electron chi connectivity index (χ3n) is 5.29. The zero-order valence-electron chi connectivity index (χ0n) is 16.3. The average molecular weight is 409 g/mol. The van der Waals surface area contributed by atoms with E-state index in [4.69, 9.17) is 11.5 Å². The van der Waals surface area contributed by atoms with Crippen molar-refractivity contribution >= 4 is 43.9 Å². The summed E-state index contributed by atoms with van der Waals surface area (Å²) in [6.07, 6.45) is 2.51. The first kappa shape index (κ1) is 19.4. The Morgan fingerprint density at radius 3 is 2.48 bits per heavy atom. The number of likely N-dealkylation sites (tertiary alicyclic amines) is 1. The van der Waals surface area contributed by atoms with Crippen LogP contribution in [0.2, 0.25) is 0 Å². The van der Waals surface area contributed by atoms with Crippen LogP contribution in [0.15, 0.2) is 36.4 Å². The second-order valence-electron chi connectivity index (χ2n) is 7.52. The molecule has 0 saturated carbocycles. The number of carbonyl (C=O) groups excluding carboxylic acids is 2. The number of fused-ring (bicyclic) bond motifs is 1. The van der Waals surface area contributed by atoms with Crippen LogP contribution in [-0.4, -0.2) is 29.8 Å². The molecule has 3 aromatic rings. The summed E-state index contributed by atoms with van der Waals surface area (Å²) in [5, 5.41) is 3.99. The van der Waals surface area contributed by atoms with E-state index in [-0.39, 0.29) is 5.91 Å². The lowest BCUT2D eigenvalue weighted by atomic mass is 10.1. The molecule has 1 aliphatic heterocycles. The summed E-state index contributed by atoms with van der Waals surface area (Å²) in [5.74, 6) is -0.852. The second kappa shape index (κ2) is 7.85. The first-order valence-electron chi connectivity index (χ1n) is 9.67. The number of nitrogens with zero attached hydrogens (tertiary/aromatic N) is 1. The Morgan fingerprint density at radius 1 is 1.14 bits per heavy atom. The molecule has 4 rings (SSSR count). The van der Waals surface area contributed by atoms with Crippen molar-refractivity contribution in [1.29, 1.82) is 0 Å². The van der Waals surface area contributed by atoms with Crippen LogP contribution in [0.3, 0.4) is 0 Å². The van der Waals surface area contributed by atoms with E-state index in [0.717, 1.165) is 29.9 Å². The van der Waals surface area contributed by atoms with Crippen LogP contribution in [-0.2, 0) is 6.54 Å². The highest BCUT2D eigenvalue weighted by Crippen LogP contribution is 2.38. The molecule has 2 amide bonds. The minimum Gasteiger partial charge on any atom is -0.399 e. The molecule has 1 aromatic heterocycles. The molecule has 0 atom stereocenters. The lowest BCUT2D eigenvalue weighted by Gasteiger charge is -2.14. The first-order chi connectivity index (χ1) is 13.9. The first-order valence-corrected chi connectivity index (χ1v) is 10.5. The van der Waals surface area contributed by atoms with E-state index in [2.05, 4.69) is 10.2 Å². The number of aryl methyl sites for hydroxylation is 1. The normalized spacial score (nSPS) is 14.4. The molecule has 150 valence electrons. The molecule has 6 nitrogen and oxygen atoms in total. The lowest BCUT2D eigenvalue weighted by molar-refractivity contribution is 0.100. The molecule has 0 bridgehead atoms.